The van der Waals surface area contributed by atoms with Crippen molar-refractivity contribution in [2.24, 2.45) is 4.99 Å². The van der Waals surface area contributed by atoms with Gasteiger partial charge in [-0.25, -0.2) is 9.98 Å². The van der Waals surface area contributed by atoms with Gasteiger partial charge in [0.15, 0.2) is 22.4 Å². The van der Waals surface area contributed by atoms with Crippen LogP contribution < -0.4 is 14.4 Å². The van der Waals surface area contributed by atoms with Crippen molar-refractivity contribution >= 4 is 34.6 Å². The van der Waals surface area contributed by atoms with Gasteiger partial charge in [-0.15, -0.1) is 0 Å². The van der Waals surface area contributed by atoms with Crippen LogP contribution in [0, 0.1) is 6.92 Å². The van der Waals surface area contributed by atoms with Crippen molar-refractivity contribution in [2.75, 3.05) is 11.7 Å². The Morgan fingerprint density at radius 1 is 1.00 bits per heavy atom. The fourth-order valence-corrected chi connectivity index (χ4v) is 4.78. The van der Waals surface area contributed by atoms with Crippen molar-refractivity contribution in [1.29, 1.82) is 0 Å². The number of amides is 1. The highest BCUT2D eigenvalue weighted by Crippen LogP contribution is 2.35. The number of ether oxygens (including phenoxy) is 2. The van der Waals surface area contributed by atoms with E-state index < -0.39 is 0 Å². The standard InChI is InChI=1S/C28H21N3O4S/c1-18-7-10-21(11-8-18)31-27(32)22(13-19-9-12-23-24(14-19)34-17-33-23)30-28(31)36-16-26-29-15-25(35-26)20-5-3-2-4-6-20/h2-15H,16-17H2,1H3/b22-13-. The molecule has 8 heteroatoms. The third-order valence-corrected chi connectivity index (χ3v) is 6.68. The summed E-state index contributed by atoms with van der Waals surface area (Å²) in [4.78, 5) is 24.2. The van der Waals surface area contributed by atoms with E-state index in [9.17, 15) is 4.79 Å². The Morgan fingerprint density at radius 3 is 2.64 bits per heavy atom. The molecule has 0 saturated carbocycles. The first kappa shape index (κ1) is 22.2. The van der Waals surface area contributed by atoms with Crippen molar-refractivity contribution in [3.8, 4) is 22.8 Å². The van der Waals surface area contributed by atoms with Gasteiger partial charge < -0.3 is 13.9 Å². The summed E-state index contributed by atoms with van der Waals surface area (Å²) >= 11 is 1.40. The Labute approximate surface area is 212 Å². The normalized spacial score (nSPS) is 15.6. The van der Waals surface area contributed by atoms with Crippen LogP contribution in [0.25, 0.3) is 17.4 Å². The van der Waals surface area contributed by atoms with E-state index >= 15 is 0 Å². The molecule has 0 aliphatic carbocycles. The Morgan fingerprint density at radius 2 is 1.81 bits per heavy atom. The molecule has 36 heavy (non-hydrogen) atoms. The van der Waals surface area contributed by atoms with Crippen LogP contribution >= 0.6 is 11.8 Å². The van der Waals surface area contributed by atoms with Gasteiger partial charge in [-0.3, -0.25) is 9.69 Å². The van der Waals surface area contributed by atoms with E-state index in [-0.39, 0.29) is 12.7 Å². The van der Waals surface area contributed by atoms with Crippen LogP contribution in [0.5, 0.6) is 11.5 Å². The Bertz CT molecular complexity index is 1490. The fourth-order valence-electron chi connectivity index (χ4n) is 3.91. The topological polar surface area (TPSA) is 77.2 Å². The van der Waals surface area contributed by atoms with Gasteiger partial charge in [0.2, 0.25) is 12.7 Å². The van der Waals surface area contributed by atoms with E-state index in [1.807, 2.05) is 79.7 Å². The summed E-state index contributed by atoms with van der Waals surface area (Å²) in [6.45, 7) is 2.21. The molecule has 0 fully saturated rings. The van der Waals surface area contributed by atoms with Gasteiger partial charge in [0.1, 0.15) is 5.70 Å². The maximum atomic E-state index is 13.5. The molecule has 2 aliphatic heterocycles. The van der Waals surface area contributed by atoms with Gasteiger partial charge in [-0.05, 0) is 42.8 Å². The summed E-state index contributed by atoms with van der Waals surface area (Å²) in [6.07, 6.45) is 3.48. The van der Waals surface area contributed by atoms with Crippen LogP contribution in [-0.2, 0) is 10.5 Å². The Hall–Kier alpha value is -4.30. The quantitative estimate of drug-likeness (QED) is 0.314. The zero-order valence-corrected chi connectivity index (χ0v) is 20.2. The highest BCUT2D eigenvalue weighted by Gasteiger charge is 2.32. The van der Waals surface area contributed by atoms with Crippen molar-refractivity contribution < 1.29 is 18.7 Å². The molecule has 0 N–H and O–H groups in total. The Kier molecular flexibility index (Phi) is 5.79. The minimum atomic E-state index is -0.198. The Balaban J connectivity index is 1.28. The molecule has 0 radical (unpaired) electrons. The molecule has 1 aromatic heterocycles. The van der Waals surface area contributed by atoms with Crippen LogP contribution in [0.15, 0.2) is 94.1 Å². The van der Waals surface area contributed by atoms with Gasteiger partial charge in [0.05, 0.1) is 17.6 Å². The third kappa shape index (κ3) is 4.38. The molecule has 0 saturated heterocycles. The number of nitrogens with zero attached hydrogens (tertiary/aromatic N) is 3. The van der Waals surface area contributed by atoms with E-state index in [2.05, 4.69) is 4.98 Å². The van der Waals surface area contributed by atoms with E-state index in [0.717, 1.165) is 22.4 Å². The number of amidine groups is 1. The number of aryl methyl sites for hydroxylation is 1. The molecular formula is C28H21N3O4S. The lowest BCUT2D eigenvalue weighted by Gasteiger charge is -2.17. The summed E-state index contributed by atoms with van der Waals surface area (Å²) in [6, 6.07) is 23.2. The van der Waals surface area contributed by atoms with Crippen molar-refractivity contribution in [3.63, 3.8) is 0 Å². The van der Waals surface area contributed by atoms with Crippen LogP contribution in [0.1, 0.15) is 17.0 Å². The molecule has 0 unspecified atom stereocenters. The first-order valence-corrected chi connectivity index (χ1v) is 12.4. The van der Waals surface area contributed by atoms with E-state index in [1.54, 1.807) is 17.2 Å². The second-order valence-electron chi connectivity index (χ2n) is 8.29. The smallest absolute Gasteiger partial charge is 0.283 e. The predicted octanol–water partition coefficient (Wildman–Crippen LogP) is 6.06. The van der Waals surface area contributed by atoms with Crippen LogP contribution in [0.3, 0.4) is 0 Å². The average Bonchev–Trinajstić information content (AvgIpc) is 3.63. The molecule has 3 heterocycles. The molecule has 4 aromatic rings. The second-order valence-corrected chi connectivity index (χ2v) is 9.23. The lowest BCUT2D eigenvalue weighted by molar-refractivity contribution is -0.113. The number of hydrogen-bond acceptors (Lipinski definition) is 7. The number of hydrogen-bond donors (Lipinski definition) is 0. The number of thioether (sulfide) groups is 1. The van der Waals surface area contributed by atoms with Crippen molar-refractivity contribution in [3.05, 3.63) is 102 Å². The number of carbonyl (C=O) groups is 1. The maximum Gasteiger partial charge on any atom is 0.283 e. The number of benzene rings is 3. The monoisotopic (exact) mass is 495 g/mol. The van der Waals surface area contributed by atoms with Crippen LogP contribution in [0.4, 0.5) is 5.69 Å². The van der Waals surface area contributed by atoms with Gasteiger partial charge in [0, 0.05) is 5.56 Å². The van der Waals surface area contributed by atoms with Crippen LogP contribution in [0.2, 0.25) is 0 Å². The summed E-state index contributed by atoms with van der Waals surface area (Å²) in [7, 11) is 0. The number of aromatic nitrogens is 1. The number of carbonyl (C=O) groups excluding carboxylic acids is 1. The summed E-state index contributed by atoms with van der Waals surface area (Å²) < 4.78 is 16.8. The van der Waals surface area contributed by atoms with E-state index in [0.29, 0.717) is 39.8 Å². The number of oxazole rings is 1. The molecule has 1 amide bonds. The second kappa shape index (κ2) is 9.39. The van der Waals surface area contributed by atoms with E-state index in [1.165, 1.54) is 11.8 Å². The van der Waals surface area contributed by atoms with Crippen LogP contribution in [-0.4, -0.2) is 22.9 Å². The summed E-state index contributed by atoms with van der Waals surface area (Å²) in [5, 5.41) is 0.565. The third-order valence-electron chi connectivity index (χ3n) is 5.76. The maximum absolute atomic E-state index is 13.5. The molecule has 3 aromatic carbocycles. The van der Waals surface area contributed by atoms with Gasteiger partial charge in [-0.1, -0.05) is 65.9 Å². The first-order valence-electron chi connectivity index (χ1n) is 11.4. The SMILES string of the molecule is Cc1ccc(N2C(=O)/C(=C/c3ccc4c(c3)OCO4)N=C2SCc2ncc(-c3ccccc3)o2)cc1. The van der Waals surface area contributed by atoms with E-state index in [4.69, 9.17) is 18.9 Å². The lowest BCUT2D eigenvalue weighted by Crippen LogP contribution is -2.30. The first-order chi connectivity index (χ1) is 17.6. The van der Waals surface area contributed by atoms with Crippen molar-refractivity contribution in [1.82, 2.24) is 4.98 Å². The van der Waals surface area contributed by atoms with Gasteiger partial charge >= 0.3 is 0 Å². The molecule has 6 rings (SSSR count). The number of rotatable bonds is 5. The van der Waals surface area contributed by atoms with Gasteiger partial charge in [-0.2, -0.15) is 0 Å². The zero-order chi connectivity index (χ0) is 24.5. The molecule has 178 valence electrons. The molecule has 7 nitrogen and oxygen atoms in total. The number of aliphatic imine (C=N–C) groups is 1. The number of anilines is 1. The molecule has 0 bridgehead atoms. The summed E-state index contributed by atoms with van der Waals surface area (Å²) in [5.74, 6) is 2.84. The lowest BCUT2D eigenvalue weighted by atomic mass is 10.1. The average molecular weight is 496 g/mol. The molecule has 0 spiro atoms. The van der Waals surface area contributed by atoms with Crippen molar-refractivity contribution in [2.45, 2.75) is 12.7 Å². The molecular weight excluding hydrogens is 474 g/mol. The molecule has 0 atom stereocenters. The predicted molar refractivity (Wildman–Crippen MR) is 140 cm³/mol. The fraction of sp³-hybridized carbons (Fsp3) is 0.107. The van der Waals surface area contributed by atoms with Gasteiger partial charge in [0.25, 0.3) is 5.91 Å². The summed E-state index contributed by atoms with van der Waals surface area (Å²) in [5.41, 5.74) is 3.98. The largest absolute Gasteiger partial charge is 0.454 e. The molecule has 2 aliphatic rings. The highest BCUT2D eigenvalue weighted by molar-refractivity contribution is 8.13. The highest BCUT2D eigenvalue weighted by atomic mass is 32.2. The number of fused-ring (bicyclic) bond motifs is 1. The minimum absolute atomic E-state index is 0.196. The minimum Gasteiger partial charge on any atom is -0.454 e. The zero-order valence-electron chi connectivity index (χ0n) is 19.4.